The summed E-state index contributed by atoms with van der Waals surface area (Å²) in [5.74, 6) is 1.39. The quantitative estimate of drug-likeness (QED) is 0.357. The maximum Gasteiger partial charge on any atom is 0.205 e. The molecule has 0 aliphatic heterocycles. The van der Waals surface area contributed by atoms with Crippen LogP contribution in [-0.2, 0) is 5.75 Å². The van der Waals surface area contributed by atoms with Gasteiger partial charge in [-0.2, -0.15) is 0 Å². The van der Waals surface area contributed by atoms with Crippen molar-refractivity contribution in [3.63, 3.8) is 0 Å². The average molecular weight is 420 g/mol. The molecule has 0 aliphatic rings. The van der Waals surface area contributed by atoms with E-state index in [4.69, 9.17) is 27.6 Å². The highest BCUT2D eigenvalue weighted by Crippen LogP contribution is 2.32. The average Bonchev–Trinajstić information content (AvgIpc) is 3.31. The summed E-state index contributed by atoms with van der Waals surface area (Å²) in [6.45, 7) is 0. The van der Waals surface area contributed by atoms with Crippen LogP contribution in [0.5, 0.6) is 0 Å². The third-order valence-corrected chi connectivity index (χ3v) is 5.53. The van der Waals surface area contributed by atoms with Crippen molar-refractivity contribution in [3.8, 4) is 17.3 Å². The Morgan fingerprint density at radius 2 is 1.89 bits per heavy atom. The summed E-state index contributed by atoms with van der Waals surface area (Å²) >= 11 is 13.7. The van der Waals surface area contributed by atoms with E-state index in [1.807, 2.05) is 16.7 Å². The van der Waals surface area contributed by atoms with Gasteiger partial charge in [-0.25, -0.2) is 4.39 Å². The summed E-state index contributed by atoms with van der Waals surface area (Å²) in [5.41, 5.74) is 1.60. The van der Waals surface area contributed by atoms with Gasteiger partial charge in [-0.3, -0.25) is 4.57 Å². The van der Waals surface area contributed by atoms with Crippen molar-refractivity contribution in [2.75, 3.05) is 0 Å². The zero-order chi connectivity index (χ0) is 18.8. The number of hydrogen-bond acceptors (Lipinski definition) is 4. The maximum atomic E-state index is 13.4. The third-order valence-electron chi connectivity index (χ3n) is 3.79. The van der Waals surface area contributed by atoms with Crippen molar-refractivity contribution in [1.29, 1.82) is 0 Å². The second-order valence-electron chi connectivity index (χ2n) is 5.64. The van der Waals surface area contributed by atoms with E-state index in [1.54, 1.807) is 36.6 Å². The van der Waals surface area contributed by atoms with Gasteiger partial charge in [-0.15, -0.1) is 10.2 Å². The molecule has 0 atom stereocenters. The minimum Gasteiger partial charge on any atom is -0.461 e. The van der Waals surface area contributed by atoms with Crippen LogP contribution in [0.3, 0.4) is 0 Å². The Bertz CT molecular complexity index is 1080. The van der Waals surface area contributed by atoms with Gasteiger partial charge in [0.05, 0.1) is 22.0 Å². The molecule has 0 spiro atoms. The lowest BCUT2D eigenvalue weighted by atomic mass is 10.2. The largest absolute Gasteiger partial charge is 0.461 e. The van der Waals surface area contributed by atoms with Gasteiger partial charge in [0.1, 0.15) is 5.82 Å². The van der Waals surface area contributed by atoms with E-state index in [2.05, 4.69) is 10.2 Å². The first-order valence-electron chi connectivity index (χ1n) is 7.94. The predicted molar refractivity (Wildman–Crippen MR) is 105 cm³/mol. The second-order valence-corrected chi connectivity index (χ2v) is 7.39. The molecule has 8 heteroatoms. The van der Waals surface area contributed by atoms with Crippen LogP contribution in [0.25, 0.3) is 17.3 Å². The zero-order valence-electron chi connectivity index (χ0n) is 13.8. The van der Waals surface area contributed by atoms with E-state index in [0.29, 0.717) is 32.5 Å². The number of thioether (sulfide) groups is 1. The highest BCUT2D eigenvalue weighted by molar-refractivity contribution is 7.98. The Balaban J connectivity index is 1.74. The van der Waals surface area contributed by atoms with Crippen molar-refractivity contribution in [1.82, 2.24) is 14.8 Å². The number of halogens is 3. The number of furan rings is 1. The number of rotatable bonds is 5. The Labute approximate surface area is 168 Å². The van der Waals surface area contributed by atoms with Crippen molar-refractivity contribution >= 4 is 35.0 Å². The van der Waals surface area contributed by atoms with Gasteiger partial charge in [0, 0.05) is 5.75 Å². The van der Waals surface area contributed by atoms with Crippen LogP contribution in [0.1, 0.15) is 5.56 Å². The fourth-order valence-electron chi connectivity index (χ4n) is 2.56. The molecule has 4 rings (SSSR count). The SMILES string of the molecule is Fc1cccc(CSc2nnc(-c3ccco3)n2-c2ccc(Cl)c(Cl)c2)c1. The van der Waals surface area contributed by atoms with Gasteiger partial charge < -0.3 is 4.42 Å². The smallest absolute Gasteiger partial charge is 0.205 e. The lowest BCUT2D eigenvalue weighted by molar-refractivity contribution is 0.575. The van der Waals surface area contributed by atoms with Crippen molar-refractivity contribution in [2.24, 2.45) is 0 Å². The molecule has 2 aromatic heterocycles. The Morgan fingerprint density at radius 1 is 1.00 bits per heavy atom. The van der Waals surface area contributed by atoms with Crippen molar-refractivity contribution in [3.05, 3.63) is 82.3 Å². The second kappa shape index (κ2) is 7.76. The fourth-order valence-corrected chi connectivity index (χ4v) is 3.75. The lowest BCUT2D eigenvalue weighted by Crippen LogP contribution is -1.99. The molecule has 0 bridgehead atoms. The van der Waals surface area contributed by atoms with Crippen LogP contribution in [0.15, 0.2) is 70.4 Å². The molecule has 4 nitrogen and oxygen atoms in total. The highest BCUT2D eigenvalue weighted by Gasteiger charge is 2.18. The summed E-state index contributed by atoms with van der Waals surface area (Å²) in [4.78, 5) is 0. The third kappa shape index (κ3) is 3.88. The van der Waals surface area contributed by atoms with Gasteiger partial charge in [-0.1, -0.05) is 47.1 Å². The summed E-state index contributed by atoms with van der Waals surface area (Å²) in [5, 5.41) is 10.1. The van der Waals surface area contributed by atoms with Crippen LogP contribution in [0, 0.1) is 5.82 Å². The molecular formula is C19H12Cl2FN3OS. The molecule has 0 saturated heterocycles. The van der Waals surface area contributed by atoms with Crippen molar-refractivity contribution < 1.29 is 8.81 Å². The molecule has 0 unspecified atom stereocenters. The zero-order valence-corrected chi connectivity index (χ0v) is 16.1. The minimum atomic E-state index is -0.268. The van der Waals surface area contributed by atoms with E-state index < -0.39 is 0 Å². The van der Waals surface area contributed by atoms with E-state index in [9.17, 15) is 4.39 Å². The molecule has 2 heterocycles. The number of aromatic nitrogens is 3. The number of nitrogens with zero attached hydrogens (tertiary/aromatic N) is 3. The van der Waals surface area contributed by atoms with E-state index in [0.717, 1.165) is 11.3 Å². The molecule has 0 amide bonds. The molecule has 0 saturated carbocycles. The minimum absolute atomic E-state index is 0.268. The first-order chi connectivity index (χ1) is 13.1. The lowest BCUT2D eigenvalue weighted by Gasteiger charge is -2.10. The topological polar surface area (TPSA) is 43.9 Å². The molecule has 4 aromatic rings. The van der Waals surface area contributed by atoms with Gasteiger partial charge in [0.2, 0.25) is 5.82 Å². The van der Waals surface area contributed by atoms with Gasteiger partial charge in [-0.05, 0) is 48.0 Å². The monoisotopic (exact) mass is 419 g/mol. The molecular weight excluding hydrogens is 408 g/mol. The van der Waals surface area contributed by atoms with E-state index in [-0.39, 0.29) is 5.82 Å². The molecule has 0 fully saturated rings. The number of hydrogen-bond donors (Lipinski definition) is 0. The van der Waals surface area contributed by atoms with Crippen LogP contribution in [0.4, 0.5) is 4.39 Å². The number of benzene rings is 2. The molecule has 27 heavy (non-hydrogen) atoms. The van der Waals surface area contributed by atoms with E-state index >= 15 is 0 Å². The Hall–Kier alpha value is -2.28. The summed E-state index contributed by atoms with van der Waals surface area (Å²) < 4.78 is 20.8. The van der Waals surface area contributed by atoms with Crippen LogP contribution >= 0.6 is 35.0 Å². The maximum absolute atomic E-state index is 13.4. The standard InChI is InChI=1S/C19H12Cl2FN3OS/c20-15-7-6-14(10-16(15)21)25-18(17-5-2-8-26-17)23-24-19(25)27-11-12-3-1-4-13(22)9-12/h1-10H,11H2. The Morgan fingerprint density at radius 3 is 2.63 bits per heavy atom. The van der Waals surface area contributed by atoms with Crippen LogP contribution in [0.2, 0.25) is 10.0 Å². The Kier molecular flexibility index (Phi) is 5.20. The van der Waals surface area contributed by atoms with Crippen LogP contribution in [-0.4, -0.2) is 14.8 Å². The van der Waals surface area contributed by atoms with Gasteiger partial charge in [0.15, 0.2) is 10.9 Å². The molecule has 0 N–H and O–H groups in total. The van der Waals surface area contributed by atoms with Crippen LogP contribution < -0.4 is 0 Å². The highest BCUT2D eigenvalue weighted by atomic mass is 35.5. The van der Waals surface area contributed by atoms with E-state index in [1.165, 1.54) is 23.9 Å². The van der Waals surface area contributed by atoms with Gasteiger partial charge in [0.25, 0.3) is 0 Å². The summed E-state index contributed by atoms with van der Waals surface area (Å²) in [6.07, 6.45) is 1.57. The van der Waals surface area contributed by atoms with Crippen molar-refractivity contribution in [2.45, 2.75) is 10.9 Å². The normalized spacial score (nSPS) is 11.1. The molecule has 2 aromatic carbocycles. The predicted octanol–water partition coefficient (Wildman–Crippen LogP) is 6.27. The molecule has 0 aliphatic carbocycles. The first kappa shape index (κ1) is 18.1. The fraction of sp³-hybridized carbons (Fsp3) is 0.0526. The first-order valence-corrected chi connectivity index (χ1v) is 9.68. The summed E-state index contributed by atoms with van der Waals surface area (Å²) in [7, 11) is 0. The molecule has 0 radical (unpaired) electrons. The molecule has 136 valence electrons. The van der Waals surface area contributed by atoms with Gasteiger partial charge >= 0.3 is 0 Å². The summed E-state index contributed by atoms with van der Waals surface area (Å²) in [6, 6.07) is 15.3.